The first-order valence-corrected chi connectivity index (χ1v) is 7.68. The Morgan fingerprint density at radius 1 is 1.35 bits per heavy atom. The fourth-order valence-corrected chi connectivity index (χ4v) is 2.73. The van der Waals surface area contributed by atoms with Gasteiger partial charge in [0.05, 0.1) is 5.02 Å². The average Bonchev–Trinajstić information content (AvgIpc) is 2.47. The van der Waals surface area contributed by atoms with Gasteiger partial charge in [-0.1, -0.05) is 29.6 Å². The lowest BCUT2D eigenvalue weighted by atomic mass is 10.1. The molecule has 1 aliphatic heterocycles. The summed E-state index contributed by atoms with van der Waals surface area (Å²) >= 11 is 11.8. The Morgan fingerprint density at radius 3 is 2.75 bits per heavy atom. The first kappa shape index (κ1) is 15.5. The summed E-state index contributed by atoms with van der Waals surface area (Å²) in [5.41, 5.74) is 0.185. The molecule has 1 aromatic heterocycles. The van der Waals surface area contributed by atoms with E-state index in [9.17, 15) is 4.79 Å². The van der Waals surface area contributed by atoms with Crippen molar-refractivity contribution in [1.82, 2.24) is 15.2 Å². The Bertz CT molecular complexity index is 475. The van der Waals surface area contributed by atoms with Gasteiger partial charge >= 0.3 is 0 Å². The van der Waals surface area contributed by atoms with E-state index in [1.54, 1.807) is 12.1 Å². The molecule has 2 rings (SSSR count). The summed E-state index contributed by atoms with van der Waals surface area (Å²) in [6, 6.07) is 3.47. The van der Waals surface area contributed by atoms with E-state index in [-0.39, 0.29) is 16.8 Å². The number of piperidine rings is 1. The van der Waals surface area contributed by atoms with Crippen LogP contribution in [0.5, 0.6) is 0 Å². The highest BCUT2D eigenvalue weighted by Gasteiger charge is 2.18. The average molecular weight is 316 g/mol. The van der Waals surface area contributed by atoms with Crippen molar-refractivity contribution in [2.24, 2.45) is 0 Å². The Labute approximate surface area is 129 Å². The number of likely N-dealkylation sites (tertiary alicyclic amines) is 1. The smallest absolute Gasteiger partial charge is 0.271 e. The molecule has 4 nitrogen and oxygen atoms in total. The molecule has 0 spiro atoms. The predicted molar refractivity (Wildman–Crippen MR) is 81.5 cm³/mol. The zero-order valence-electron chi connectivity index (χ0n) is 11.5. The van der Waals surface area contributed by atoms with Gasteiger partial charge in [-0.05, 0) is 45.0 Å². The summed E-state index contributed by atoms with van der Waals surface area (Å²) in [4.78, 5) is 18.4. The van der Waals surface area contributed by atoms with Gasteiger partial charge in [-0.3, -0.25) is 9.69 Å². The van der Waals surface area contributed by atoms with Crippen molar-refractivity contribution >= 4 is 29.1 Å². The Morgan fingerprint density at radius 2 is 2.05 bits per heavy atom. The van der Waals surface area contributed by atoms with Crippen LogP contribution in [0.3, 0.4) is 0 Å². The molecule has 1 amide bonds. The van der Waals surface area contributed by atoms with Crippen LogP contribution in [0.4, 0.5) is 0 Å². The minimum absolute atomic E-state index is 0.185. The second kappa shape index (κ2) is 7.25. The highest BCUT2D eigenvalue weighted by molar-refractivity contribution is 6.34. The maximum absolute atomic E-state index is 12.1. The lowest BCUT2D eigenvalue weighted by Gasteiger charge is -2.32. The molecule has 0 radical (unpaired) electrons. The monoisotopic (exact) mass is 315 g/mol. The van der Waals surface area contributed by atoms with Gasteiger partial charge < -0.3 is 5.32 Å². The molecule has 0 bridgehead atoms. The molecule has 2 heterocycles. The van der Waals surface area contributed by atoms with Crippen LogP contribution in [-0.2, 0) is 0 Å². The number of hydrogen-bond acceptors (Lipinski definition) is 3. The molecule has 6 heteroatoms. The molecular weight excluding hydrogens is 297 g/mol. The molecule has 1 unspecified atom stereocenters. The summed E-state index contributed by atoms with van der Waals surface area (Å²) in [6.45, 7) is 4.92. The van der Waals surface area contributed by atoms with Crippen molar-refractivity contribution in [1.29, 1.82) is 0 Å². The number of carbonyl (C=O) groups excluding carboxylic acids is 1. The third-order valence-electron chi connectivity index (χ3n) is 3.60. The molecule has 1 fully saturated rings. The normalized spacial score (nSPS) is 17.8. The maximum atomic E-state index is 12.1. The van der Waals surface area contributed by atoms with Crippen molar-refractivity contribution in [2.45, 2.75) is 32.2 Å². The number of halogens is 2. The molecule has 0 aliphatic carbocycles. The van der Waals surface area contributed by atoms with Gasteiger partial charge in [-0.2, -0.15) is 0 Å². The molecule has 1 atom stereocenters. The quantitative estimate of drug-likeness (QED) is 0.869. The molecule has 1 N–H and O–H groups in total. The van der Waals surface area contributed by atoms with Crippen molar-refractivity contribution in [3.63, 3.8) is 0 Å². The second-order valence-electron chi connectivity index (χ2n) is 5.12. The fraction of sp³-hybridized carbons (Fsp3) is 0.571. The zero-order chi connectivity index (χ0) is 14.5. The minimum atomic E-state index is -0.277. The van der Waals surface area contributed by atoms with Gasteiger partial charge in [0, 0.05) is 12.6 Å². The van der Waals surface area contributed by atoms with Crippen LogP contribution >= 0.6 is 23.2 Å². The number of carbonyl (C=O) groups is 1. The molecule has 0 saturated carbocycles. The van der Waals surface area contributed by atoms with Gasteiger partial charge in [0.2, 0.25) is 0 Å². The van der Waals surface area contributed by atoms with E-state index in [1.807, 2.05) is 0 Å². The Kier molecular flexibility index (Phi) is 5.64. The van der Waals surface area contributed by atoms with Gasteiger partial charge in [0.25, 0.3) is 5.91 Å². The first-order chi connectivity index (χ1) is 9.58. The third kappa shape index (κ3) is 4.08. The summed E-state index contributed by atoms with van der Waals surface area (Å²) in [6.07, 6.45) is 3.78. The molecule has 0 aromatic carbocycles. The van der Waals surface area contributed by atoms with E-state index in [0.717, 1.165) is 13.1 Å². The lowest BCUT2D eigenvalue weighted by molar-refractivity contribution is 0.0925. The van der Waals surface area contributed by atoms with Crippen LogP contribution < -0.4 is 5.32 Å². The number of amides is 1. The number of hydrogen-bond donors (Lipinski definition) is 1. The fourth-order valence-electron chi connectivity index (χ4n) is 2.39. The number of pyridine rings is 1. The highest BCUT2D eigenvalue weighted by atomic mass is 35.5. The Balaban J connectivity index is 1.89. The zero-order valence-corrected chi connectivity index (χ0v) is 13.0. The van der Waals surface area contributed by atoms with Gasteiger partial charge in [0.1, 0.15) is 10.8 Å². The van der Waals surface area contributed by atoms with E-state index in [1.165, 1.54) is 19.3 Å². The molecular formula is C14H19Cl2N3O. The van der Waals surface area contributed by atoms with Crippen molar-refractivity contribution in [3.05, 3.63) is 28.0 Å². The van der Waals surface area contributed by atoms with Crippen LogP contribution in [0.25, 0.3) is 0 Å². The Hall–Kier alpha value is -0.840. The van der Waals surface area contributed by atoms with Crippen LogP contribution in [0.2, 0.25) is 10.2 Å². The van der Waals surface area contributed by atoms with E-state index in [2.05, 4.69) is 22.1 Å². The van der Waals surface area contributed by atoms with E-state index < -0.39 is 0 Å². The maximum Gasteiger partial charge on any atom is 0.271 e. The van der Waals surface area contributed by atoms with Gasteiger partial charge in [0.15, 0.2) is 0 Å². The second-order valence-corrected chi connectivity index (χ2v) is 5.91. The van der Waals surface area contributed by atoms with E-state index in [0.29, 0.717) is 17.6 Å². The van der Waals surface area contributed by atoms with Crippen LogP contribution in [-0.4, -0.2) is 41.5 Å². The van der Waals surface area contributed by atoms with Crippen LogP contribution in [0.15, 0.2) is 12.1 Å². The largest absolute Gasteiger partial charge is 0.349 e. The number of nitrogens with zero attached hydrogens (tertiary/aromatic N) is 2. The summed E-state index contributed by atoms with van der Waals surface area (Å²) < 4.78 is 0. The lowest BCUT2D eigenvalue weighted by Crippen LogP contribution is -2.44. The highest BCUT2D eigenvalue weighted by Crippen LogP contribution is 2.17. The minimum Gasteiger partial charge on any atom is -0.349 e. The van der Waals surface area contributed by atoms with Crippen LogP contribution in [0.1, 0.15) is 36.7 Å². The third-order valence-corrected chi connectivity index (χ3v) is 4.11. The predicted octanol–water partition coefficient (Wildman–Crippen LogP) is 2.99. The topological polar surface area (TPSA) is 45.2 Å². The number of aromatic nitrogens is 1. The molecule has 20 heavy (non-hydrogen) atoms. The molecule has 110 valence electrons. The van der Waals surface area contributed by atoms with E-state index >= 15 is 0 Å². The van der Waals surface area contributed by atoms with Crippen molar-refractivity contribution in [3.8, 4) is 0 Å². The first-order valence-electron chi connectivity index (χ1n) is 6.92. The standard InChI is InChI=1S/C14H19Cl2N3O/c1-10(19-7-3-2-4-8-19)9-17-14(20)13-11(15)5-6-12(16)18-13/h5-6,10H,2-4,7-9H2,1H3,(H,17,20). The van der Waals surface area contributed by atoms with Gasteiger partial charge in [-0.25, -0.2) is 4.98 Å². The SMILES string of the molecule is CC(CNC(=O)c1nc(Cl)ccc1Cl)N1CCCCC1. The summed E-state index contributed by atoms with van der Waals surface area (Å²) in [7, 11) is 0. The summed E-state index contributed by atoms with van der Waals surface area (Å²) in [5, 5.41) is 3.46. The van der Waals surface area contributed by atoms with Crippen molar-refractivity contribution in [2.75, 3.05) is 19.6 Å². The van der Waals surface area contributed by atoms with Crippen molar-refractivity contribution < 1.29 is 4.79 Å². The molecule has 1 aromatic rings. The van der Waals surface area contributed by atoms with Crippen LogP contribution in [0, 0.1) is 0 Å². The number of rotatable bonds is 4. The van der Waals surface area contributed by atoms with Gasteiger partial charge in [-0.15, -0.1) is 0 Å². The molecule has 1 aliphatic rings. The van der Waals surface area contributed by atoms with E-state index in [4.69, 9.17) is 23.2 Å². The summed E-state index contributed by atoms with van der Waals surface area (Å²) in [5.74, 6) is -0.277. The number of nitrogens with one attached hydrogen (secondary N) is 1. The molecule has 1 saturated heterocycles.